The maximum absolute atomic E-state index is 12.5. The first-order chi connectivity index (χ1) is 8.76. The Morgan fingerprint density at radius 2 is 2.17 bits per heavy atom. The number of carbonyl (C=O) groups is 1. The average Bonchev–Trinajstić information content (AvgIpc) is 2.46. The van der Waals surface area contributed by atoms with Gasteiger partial charge in [0.05, 0.1) is 7.11 Å². The van der Waals surface area contributed by atoms with Gasteiger partial charge in [-0.2, -0.15) is 0 Å². The van der Waals surface area contributed by atoms with Crippen LogP contribution in [-0.4, -0.2) is 22.9 Å². The largest absolute Gasteiger partial charge is 0.481 e. The molecule has 0 bridgehead atoms. The molecule has 0 aromatic carbocycles. The minimum absolute atomic E-state index is 0.128. The van der Waals surface area contributed by atoms with Crippen molar-refractivity contribution in [1.82, 2.24) is 9.97 Å². The van der Waals surface area contributed by atoms with Crippen LogP contribution in [0, 0.1) is 11.8 Å². The van der Waals surface area contributed by atoms with E-state index in [9.17, 15) is 4.79 Å². The number of hydrogen-bond donors (Lipinski definition) is 0. The van der Waals surface area contributed by atoms with E-state index in [1.54, 1.807) is 13.2 Å². The van der Waals surface area contributed by atoms with Gasteiger partial charge < -0.3 is 4.74 Å². The quantitative estimate of drug-likeness (QED) is 0.769. The number of carbonyl (C=O) groups excluding carboxylic acids is 1. The number of hydrogen-bond acceptors (Lipinski definition) is 4. The third-order valence-corrected chi connectivity index (χ3v) is 3.87. The van der Waals surface area contributed by atoms with E-state index in [2.05, 4.69) is 16.9 Å². The second kappa shape index (κ2) is 5.94. The van der Waals surface area contributed by atoms with Gasteiger partial charge in [-0.3, -0.25) is 4.79 Å². The number of ketones is 1. The van der Waals surface area contributed by atoms with Crippen LogP contribution in [0.2, 0.25) is 0 Å². The van der Waals surface area contributed by atoms with E-state index in [0.29, 0.717) is 17.5 Å². The lowest BCUT2D eigenvalue weighted by atomic mass is 9.75. The molecule has 1 aromatic heterocycles. The van der Waals surface area contributed by atoms with E-state index < -0.39 is 0 Å². The zero-order valence-electron chi connectivity index (χ0n) is 11.1. The fraction of sp³-hybridized carbons (Fsp3) is 0.643. The Morgan fingerprint density at radius 1 is 1.39 bits per heavy atom. The number of nitrogens with zero attached hydrogens (tertiary/aromatic N) is 2. The highest BCUT2D eigenvalue weighted by Gasteiger charge is 2.31. The zero-order chi connectivity index (χ0) is 13.0. The van der Waals surface area contributed by atoms with Crippen LogP contribution in [0.3, 0.4) is 0 Å². The molecule has 0 radical (unpaired) electrons. The Kier molecular flexibility index (Phi) is 4.28. The Hall–Kier alpha value is -1.45. The van der Waals surface area contributed by atoms with Gasteiger partial charge in [0, 0.05) is 12.0 Å². The fourth-order valence-corrected chi connectivity index (χ4v) is 2.82. The Balaban J connectivity index is 2.18. The van der Waals surface area contributed by atoms with Crippen molar-refractivity contribution < 1.29 is 9.53 Å². The summed E-state index contributed by atoms with van der Waals surface area (Å²) in [5.74, 6) is 1.25. The van der Waals surface area contributed by atoms with Gasteiger partial charge in [-0.15, -0.1) is 0 Å². The van der Waals surface area contributed by atoms with Crippen LogP contribution < -0.4 is 4.74 Å². The number of rotatable bonds is 4. The third kappa shape index (κ3) is 2.68. The SMILES string of the molecule is CCC1CCCCC1C(=O)c1cc(OC)ncn1. The van der Waals surface area contributed by atoms with Crippen molar-refractivity contribution in [1.29, 1.82) is 0 Å². The van der Waals surface area contributed by atoms with Crippen molar-refractivity contribution in [3.8, 4) is 5.88 Å². The molecular weight excluding hydrogens is 228 g/mol. The predicted molar refractivity (Wildman–Crippen MR) is 68.7 cm³/mol. The summed E-state index contributed by atoms with van der Waals surface area (Å²) in [7, 11) is 1.55. The van der Waals surface area contributed by atoms with E-state index in [1.165, 1.54) is 12.7 Å². The van der Waals surface area contributed by atoms with Crippen LogP contribution in [0.25, 0.3) is 0 Å². The molecular formula is C14H20N2O2. The van der Waals surface area contributed by atoms with E-state index in [4.69, 9.17) is 4.74 Å². The van der Waals surface area contributed by atoms with E-state index in [-0.39, 0.29) is 11.7 Å². The lowest BCUT2D eigenvalue weighted by Crippen LogP contribution is -2.27. The summed E-state index contributed by atoms with van der Waals surface area (Å²) in [4.78, 5) is 20.5. The first-order valence-corrected chi connectivity index (χ1v) is 6.66. The van der Waals surface area contributed by atoms with Crippen molar-refractivity contribution >= 4 is 5.78 Å². The van der Waals surface area contributed by atoms with Gasteiger partial charge in [-0.25, -0.2) is 9.97 Å². The second-order valence-electron chi connectivity index (χ2n) is 4.87. The molecule has 1 aromatic rings. The van der Waals surface area contributed by atoms with Gasteiger partial charge in [-0.1, -0.05) is 26.2 Å². The lowest BCUT2D eigenvalue weighted by Gasteiger charge is -2.29. The van der Waals surface area contributed by atoms with Gasteiger partial charge in [-0.05, 0) is 18.8 Å². The van der Waals surface area contributed by atoms with Crippen LogP contribution >= 0.6 is 0 Å². The molecule has 98 valence electrons. The van der Waals surface area contributed by atoms with Gasteiger partial charge in [0.1, 0.15) is 12.0 Å². The molecule has 0 spiro atoms. The summed E-state index contributed by atoms with van der Waals surface area (Å²) >= 11 is 0. The van der Waals surface area contributed by atoms with E-state index in [0.717, 1.165) is 25.7 Å². The molecule has 2 atom stereocenters. The first kappa shape index (κ1) is 13.0. The Bertz CT molecular complexity index is 420. The van der Waals surface area contributed by atoms with Crippen molar-refractivity contribution in [2.75, 3.05) is 7.11 Å². The predicted octanol–water partition coefficient (Wildman–Crippen LogP) is 2.88. The monoisotopic (exact) mass is 248 g/mol. The normalized spacial score (nSPS) is 23.7. The van der Waals surface area contributed by atoms with Gasteiger partial charge in [0.25, 0.3) is 0 Å². The summed E-state index contributed by atoms with van der Waals surface area (Å²) in [5.41, 5.74) is 0.493. The summed E-state index contributed by atoms with van der Waals surface area (Å²) in [6.07, 6.45) is 7.01. The molecule has 18 heavy (non-hydrogen) atoms. The lowest BCUT2D eigenvalue weighted by molar-refractivity contribution is 0.0814. The summed E-state index contributed by atoms with van der Waals surface area (Å²) in [5, 5.41) is 0. The maximum Gasteiger partial charge on any atom is 0.216 e. The summed E-state index contributed by atoms with van der Waals surface area (Å²) in [6, 6.07) is 1.64. The molecule has 2 unspecified atom stereocenters. The minimum Gasteiger partial charge on any atom is -0.481 e. The minimum atomic E-state index is 0.128. The van der Waals surface area contributed by atoms with Crippen LogP contribution in [0.5, 0.6) is 5.88 Å². The number of ether oxygens (including phenoxy) is 1. The highest BCUT2D eigenvalue weighted by atomic mass is 16.5. The fourth-order valence-electron chi connectivity index (χ4n) is 2.82. The Morgan fingerprint density at radius 3 is 2.89 bits per heavy atom. The molecule has 1 saturated carbocycles. The topological polar surface area (TPSA) is 52.1 Å². The third-order valence-electron chi connectivity index (χ3n) is 3.87. The molecule has 0 aliphatic heterocycles. The molecule has 2 rings (SSSR count). The molecule has 1 aliphatic rings. The van der Waals surface area contributed by atoms with E-state index in [1.807, 2.05) is 0 Å². The Labute approximate surface area is 108 Å². The molecule has 1 fully saturated rings. The van der Waals surface area contributed by atoms with Crippen molar-refractivity contribution in [2.45, 2.75) is 39.0 Å². The van der Waals surface area contributed by atoms with Crippen molar-refractivity contribution in [3.05, 3.63) is 18.1 Å². The maximum atomic E-state index is 12.5. The van der Waals surface area contributed by atoms with Gasteiger partial charge >= 0.3 is 0 Å². The van der Waals surface area contributed by atoms with Crippen molar-refractivity contribution in [2.24, 2.45) is 11.8 Å². The van der Waals surface area contributed by atoms with E-state index >= 15 is 0 Å². The summed E-state index contributed by atoms with van der Waals surface area (Å²) in [6.45, 7) is 2.16. The highest BCUT2D eigenvalue weighted by Crippen LogP contribution is 2.34. The molecule has 1 heterocycles. The van der Waals surface area contributed by atoms with Crippen LogP contribution in [0.4, 0.5) is 0 Å². The molecule has 0 saturated heterocycles. The average molecular weight is 248 g/mol. The number of aromatic nitrogens is 2. The van der Waals surface area contributed by atoms with Crippen LogP contribution in [-0.2, 0) is 0 Å². The number of Topliss-reactive ketones (excluding diaryl/α,β-unsaturated/α-hetero) is 1. The molecule has 4 heteroatoms. The zero-order valence-corrected chi connectivity index (χ0v) is 11.1. The molecule has 4 nitrogen and oxygen atoms in total. The van der Waals surface area contributed by atoms with Crippen molar-refractivity contribution in [3.63, 3.8) is 0 Å². The molecule has 0 N–H and O–H groups in total. The number of methoxy groups -OCH3 is 1. The highest BCUT2D eigenvalue weighted by molar-refractivity contribution is 5.96. The second-order valence-corrected chi connectivity index (χ2v) is 4.87. The standard InChI is InChI=1S/C14H20N2O2/c1-3-10-6-4-5-7-11(10)14(17)12-8-13(18-2)16-9-15-12/h8-11H,3-7H2,1-2H3. The molecule has 0 amide bonds. The van der Waals surface area contributed by atoms with Crippen LogP contribution in [0.1, 0.15) is 49.5 Å². The molecule has 1 aliphatic carbocycles. The van der Waals surface area contributed by atoms with Crippen LogP contribution in [0.15, 0.2) is 12.4 Å². The smallest absolute Gasteiger partial charge is 0.216 e. The summed E-state index contributed by atoms with van der Waals surface area (Å²) < 4.78 is 5.04. The first-order valence-electron chi connectivity index (χ1n) is 6.66. The van der Waals surface area contributed by atoms with Gasteiger partial charge in [0.15, 0.2) is 5.78 Å². The van der Waals surface area contributed by atoms with Gasteiger partial charge in [0.2, 0.25) is 5.88 Å².